The molecule has 0 spiro atoms. The molecule has 1 saturated heterocycles. The van der Waals surface area contributed by atoms with Crippen molar-refractivity contribution in [3.63, 3.8) is 0 Å². The van der Waals surface area contributed by atoms with E-state index in [2.05, 4.69) is 66.0 Å². The Kier molecular flexibility index (Phi) is 5.71. The minimum atomic E-state index is 0.436. The second-order valence-corrected chi connectivity index (χ2v) is 7.20. The number of aromatic nitrogens is 1. The van der Waals surface area contributed by atoms with Crippen molar-refractivity contribution < 1.29 is 4.74 Å². The van der Waals surface area contributed by atoms with Gasteiger partial charge in [0.15, 0.2) is 0 Å². The molecule has 0 radical (unpaired) electrons. The molecule has 0 bridgehead atoms. The van der Waals surface area contributed by atoms with Gasteiger partial charge in [0, 0.05) is 32.2 Å². The van der Waals surface area contributed by atoms with Gasteiger partial charge in [0.2, 0.25) is 0 Å². The van der Waals surface area contributed by atoms with E-state index in [4.69, 9.17) is 4.74 Å². The highest BCUT2D eigenvalue weighted by atomic mass is 16.5. The number of likely N-dealkylation sites (N-methyl/N-ethyl adjacent to an activating group) is 1. The fourth-order valence-electron chi connectivity index (χ4n) is 3.60. The van der Waals surface area contributed by atoms with Gasteiger partial charge in [-0.2, -0.15) is 0 Å². The zero-order valence-electron chi connectivity index (χ0n) is 15.8. The van der Waals surface area contributed by atoms with Gasteiger partial charge in [-0.05, 0) is 36.2 Å². The van der Waals surface area contributed by atoms with E-state index < -0.39 is 0 Å². The summed E-state index contributed by atoms with van der Waals surface area (Å²) >= 11 is 0. The van der Waals surface area contributed by atoms with Crippen molar-refractivity contribution in [1.29, 1.82) is 0 Å². The highest BCUT2D eigenvalue weighted by Crippen LogP contribution is 2.31. The average Bonchev–Trinajstić information content (AvgIpc) is 2.64. The number of nitrogens with zero attached hydrogens (tertiary/aromatic N) is 3. The Labute approximate surface area is 151 Å². The van der Waals surface area contributed by atoms with Crippen LogP contribution in [0.25, 0.3) is 0 Å². The summed E-state index contributed by atoms with van der Waals surface area (Å²) in [5.74, 6) is 1.36. The monoisotopic (exact) mass is 339 g/mol. The lowest BCUT2D eigenvalue weighted by Gasteiger charge is -2.40. The summed E-state index contributed by atoms with van der Waals surface area (Å²) in [6.45, 7) is 8.63. The van der Waals surface area contributed by atoms with Gasteiger partial charge in [-0.3, -0.25) is 14.8 Å². The van der Waals surface area contributed by atoms with Crippen LogP contribution in [-0.4, -0.2) is 48.6 Å². The number of benzene rings is 1. The summed E-state index contributed by atoms with van der Waals surface area (Å²) in [4.78, 5) is 9.52. The smallest absolute Gasteiger partial charge is 0.137 e. The highest BCUT2D eigenvalue weighted by Gasteiger charge is 2.27. The molecule has 1 aliphatic heterocycles. The van der Waals surface area contributed by atoms with E-state index in [1.807, 2.05) is 6.07 Å². The predicted octanol–water partition coefficient (Wildman–Crippen LogP) is 3.70. The Bertz CT molecular complexity index is 684. The van der Waals surface area contributed by atoms with Crippen LogP contribution < -0.4 is 4.74 Å². The lowest BCUT2D eigenvalue weighted by molar-refractivity contribution is 0.0890. The number of pyridine rings is 1. The second-order valence-electron chi connectivity index (χ2n) is 7.20. The summed E-state index contributed by atoms with van der Waals surface area (Å²) in [5.41, 5.74) is 4.03. The van der Waals surface area contributed by atoms with Crippen molar-refractivity contribution >= 4 is 0 Å². The molecule has 1 aromatic heterocycles. The van der Waals surface area contributed by atoms with Crippen molar-refractivity contribution in [2.75, 3.05) is 33.8 Å². The Hall–Kier alpha value is -1.91. The Balaban J connectivity index is 1.75. The Morgan fingerprint density at radius 2 is 1.96 bits per heavy atom. The SMILES string of the molecule is COc1ccc(CN2CCN(C)C(c3ccccc3C(C)C)C2)nc1. The molecule has 0 aliphatic carbocycles. The van der Waals surface area contributed by atoms with Crippen LogP contribution in [0.1, 0.15) is 42.6 Å². The second kappa shape index (κ2) is 7.98. The number of rotatable bonds is 5. The number of piperazine rings is 1. The average molecular weight is 339 g/mol. The topological polar surface area (TPSA) is 28.6 Å². The maximum atomic E-state index is 5.20. The number of hydrogen-bond acceptors (Lipinski definition) is 4. The molecule has 25 heavy (non-hydrogen) atoms. The largest absolute Gasteiger partial charge is 0.495 e. The highest BCUT2D eigenvalue weighted by molar-refractivity contribution is 5.33. The molecule has 0 amide bonds. The zero-order chi connectivity index (χ0) is 17.8. The van der Waals surface area contributed by atoms with E-state index in [1.54, 1.807) is 13.3 Å². The van der Waals surface area contributed by atoms with E-state index in [0.29, 0.717) is 12.0 Å². The van der Waals surface area contributed by atoms with Gasteiger partial charge in [0.05, 0.1) is 19.0 Å². The molecule has 0 N–H and O–H groups in total. The van der Waals surface area contributed by atoms with E-state index in [9.17, 15) is 0 Å². The molecule has 1 aromatic carbocycles. The first-order valence-electron chi connectivity index (χ1n) is 9.09. The van der Waals surface area contributed by atoms with Crippen LogP contribution in [0.15, 0.2) is 42.6 Å². The van der Waals surface area contributed by atoms with Crippen LogP contribution in [0.4, 0.5) is 0 Å². The molecule has 4 heteroatoms. The molecular formula is C21H29N3O. The van der Waals surface area contributed by atoms with Crippen molar-refractivity contribution in [2.45, 2.75) is 32.4 Å². The fraction of sp³-hybridized carbons (Fsp3) is 0.476. The molecule has 3 rings (SSSR count). The summed E-state index contributed by atoms with van der Waals surface area (Å²) in [6, 6.07) is 13.4. The molecule has 2 heterocycles. The fourth-order valence-corrected chi connectivity index (χ4v) is 3.60. The van der Waals surface area contributed by atoms with Gasteiger partial charge in [-0.1, -0.05) is 38.1 Å². The first-order chi connectivity index (χ1) is 12.1. The van der Waals surface area contributed by atoms with E-state index in [-0.39, 0.29) is 0 Å². The minimum absolute atomic E-state index is 0.436. The van der Waals surface area contributed by atoms with Gasteiger partial charge < -0.3 is 4.74 Å². The lowest BCUT2D eigenvalue weighted by Crippen LogP contribution is -2.46. The van der Waals surface area contributed by atoms with Crippen molar-refractivity contribution in [1.82, 2.24) is 14.8 Å². The molecular weight excluding hydrogens is 310 g/mol. The van der Waals surface area contributed by atoms with Crippen LogP contribution in [-0.2, 0) is 6.54 Å². The van der Waals surface area contributed by atoms with E-state index in [1.165, 1.54) is 11.1 Å². The lowest BCUT2D eigenvalue weighted by atomic mass is 9.91. The molecule has 1 unspecified atom stereocenters. The number of hydrogen-bond donors (Lipinski definition) is 0. The van der Waals surface area contributed by atoms with Crippen LogP contribution in [0.2, 0.25) is 0 Å². The summed E-state index contributed by atoms with van der Waals surface area (Å²) in [6.07, 6.45) is 1.80. The predicted molar refractivity (Wildman–Crippen MR) is 102 cm³/mol. The standard InChI is InChI=1S/C21H29N3O/c1-16(2)19-7-5-6-8-20(19)21-15-24(12-11-23(21)3)14-17-9-10-18(25-4)13-22-17/h5-10,13,16,21H,11-12,14-15H2,1-4H3. The van der Waals surface area contributed by atoms with Crippen LogP contribution in [0.3, 0.4) is 0 Å². The summed E-state index contributed by atoms with van der Waals surface area (Å²) < 4.78 is 5.20. The zero-order valence-corrected chi connectivity index (χ0v) is 15.8. The molecule has 2 aromatic rings. The van der Waals surface area contributed by atoms with Gasteiger partial charge >= 0.3 is 0 Å². The van der Waals surface area contributed by atoms with Gasteiger partial charge in [0.25, 0.3) is 0 Å². The Morgan fingerprint density at radius 1 is 1.16 bits per heavy atom. The maximum absolute atomic E-state index is 5.20. The maximum Gasteiger partial charge on any atom is 0.137 e. The molecule has 4 nitrogen and oxygen atoms in total. The number of methoxy groups -OCH3 is 1. The minimum Gasteiger partial charge on any atom is -0.495 e. The van der Waals surface area contributed by atoms with Crippen molar-refractivity contribution in [3.05, 3.63) is 59.4 Å². The van der Waals surface area contributed by atoms with E-state index >= 15 is 0 Å². The van der Waals surface area contributed by atoms with Crippen molar-refractivity contribution in [3.8, 4) is 5.75 Å². The molecule has 0 saturated carbocycles. The van der Waals surface area contributed by atoms with Gasteiger partial charge in [-0.15, -0.1) is 0 Å². The third-order valence-electron chi connectivity index (χ3n) is 5.13. The quantitative estimate of drug-likeness (QED) is 0.830. The van der Waals surface area contributed by atoms with Gasteiger partial charge in [0.1, 0.15) is 5.75 Å². The Morgan fingerprint density at radius 3 is 2.64 bits per heavy atom. The molecule has 1 aliphatic rings. The van der Waals surface area contributed by atoms with Crippen LogP contribution >= 0.6 is 0 Å². The third kappa shape index (κ3) is 4.20. The third-order valence-corrected chi connectivity index (χ3v) is 5.13. The van der Waals surface area contributed by atoms with Crippen molar-refractivity contribution in [2.24, 2.45) is 0 Å². The van der Waals surface area contributed by atoms with Gasteiger partial charge in [-0.25, -0.2) is 0 Å². The normalized spacial score (nSPS) is 19.3. The summed E-state index contributed by atoms with van der Waals surface area (Å²) in [7, 11) is 3.92. The molecule has 1 atom stereocenters. The first kappa shape index (κ1) is 17.9. The molecule has 1 fully saturated rings. The van der Waals surface area contributed by atoms with Crippen LogP contribution in [0.5, 0.6) is 5.75 Å². The number of ether oxygens (including phenoxy) is 1. The molecule has 134 valence electrons. The first-order valence-corrected chi connectivity index (χ1v) is 9.09. The summed E-state index contributed by atoms with van der Waals surface area (Å²) in [5, 5.41) is 0. The van der Waals surface area contributed by atoms with Crippen LogP contribution in [0, 0.1) is 0 Å². The van der Waals surface area contributed by atoms with E-state index in [0.717, 1.165) is 37.6 Å².